The van der Waals surface area contributed by atoms with Crippen molar-refractivity contribution in [2.24, 2.45) is 4.99 Å². The monoisotopic (exact) mass is 399 g/mol. The van der Waals surface area contributed by atoms with Crippen molar-refractivity contribution in [2.45, 2.75) is 26.9 Å². The number of nitrogens with one attached hydrogen (secondary N) is 2. The molecule has 0 unspecified atom stereocenters. The third-order valence-electron chi connectivity index (χ3n) is 4.01. The first kappa shape index (κ1) is 19.8. The van der Waals surface area contributed by atoms with Gasteiger partial charge in [-0.15, -0.1) is 11.3 Å². The highest BCUT2D eigenvalue weighted by Crippen LogP contribution is 2.23. The maximum Gasteiger partial charge on any atom is 0.224 e. The van der Waals surface area contributed by atoms with Crippen LogP contribution in [0.1, 0.15) is 21.1 Å². The van der Waals surface area contributed by atoms with Crippen molar-refractivity contribution in [3.05, 3.63) is 69.6 Å². The van der Waals surface area contributed by atoms with Crippen LogP contribution in [0.4, 0.5) is 4.39 Å². The molecular weight excluding hydrogens is 377 g/mol. The van der Waals surface area contributed by atoms with E-state index in [2.05, 4.69) is 32.5 Å². The Morgan fingerprint density at radius 1 is 1.18 bits per heavy atom. The first-order valence-corrected chi connectivity index (χ1v) is 9.61. The van der Waals surface area contributed by atoms with Crippen LogP contribution in [0, 0.1) is 19.7 Å². The molecule has 2 heterocycles. The number of benzene rings is 1. The van der Waals surface area contributed by atoms with Crippen molar-refractivity contribution >= 4 is 17.3 Å². The molecule has 0 amide bonds. The Balaban J connectivity index is 1.61. The van der Waals surface area contributed by atoms with Crippen molar-refractivity contribution in [3.63, 3.8) is 0 Å². The molecule has 3 aromatic rings. The van der Waals surface area contributed by atoms with Crippen molar-refractivity contribution < 1.29 is 9.13 Å². The van der Waals surface area contributed by atoms with Gasteiger partial charge in [0.15, 0.2) is 5.96 Å². The number of halogens is 1. The maximum absolute atomic E-state index is 13.4. The van der Waals surface area contributed by atoms with Gasteiger partial charge in [-0.1, -0.05) is 12.1 Å². The molecule has 0 saturated carbocycles. The fourth-order valence-electron chi connectivity index (χ4n) is 2.47. The molecule has 0 aliphatic heterocycles. The van der Waals surface area contributed by atoms with Crippen molar-refractivity contribution in [2.75, 3.05) is 7.05 Å². The highest BCUT2D eigenvalue weighted by Gasteiger charge is 2.09. The molecule has 0 radical (unpaired) electrons. The standard InChI is InChI=1S/C20H22FN5OS/c1-13-14(2)28-18(26-13)12-25-20(22-3)24-11-15-6-5-9-23-19(15)27-17-8-4-7-16(21)10-17/h4-10H,11-12H2,1-3H3,(H2,22,24,25). The molecule has 146 valence electrons. The first-order valence-electron chi connectivity index (χ1n) is 8.80. The van der Waals surface area contributed by atoms with Crippen molar-refractivity contribution in [1.29, 1.82) is 0 Å². The number of hydrogen-bond donors (Lipinski definition) is 2. The number of ether oxygens (including phenoxy) is 1. The number of rotatable bonds is 6. The number of hydrogen-bond acceptors (Lipinski definition) is 5. The Hall–Kier alpha value is -3.00. The molecule has 2 N–H and O–H groups in total. The molecule has 0 atom stereocenters. The smallest absolute Gasteiger partial charge is 0.224 e. The minimum atomic E-state index is -0.356. The summed E-state index contributed by atoms with van der Waals surface area (Å²) in [4.78, 5) is 14.2. The normalized spacial score (nSPS) is 11.4. The van der Waals surface area contributed by atoms with E-state index in [1.54, 1.807) is 36.7 Å². The van der Waals surface area contributed by atoms with Gasteiger partial charge in [-0.2, -0.15) is 0 Å². The SMILES string of the molecule is CN=C(NCc1nc(C)c(C)s1)NCc1cccnc1Oc1cccc(F)c1. The summed E-state index contributed by atoms with van der Waals surface area (Å²) in [7, 11) is 1.71. The number of guanidine groups is 1. The summed E-state index contributed by atoms with van der Waals surface area (Å²) in [5.74, 6) is 1.11. The summed E-state index contributed by atoms with van der Waals surface area (Å²) in [5, 5.41) is 7.49. The molecule has 28 heavy (non-hydrogen) atoms. The van der Waals surface area contributed by atoms with Gasteiger partial charge in [-0.3, -0.25) is 4.99 Å². The quantitative estimate of drug-likeness (QED) is 0.485. The van der Waals surface area contributed by atoms with Gasteiger partial charge in [0.05, 0.1) is 12.2 Å². The van der Waals surface area contributed by atoms with Crippen LogP contribution in [0.5, 0.6) is 11.6 Å². The molecule has 0 fully saturated rings. The van der Waals surface area contributed by atoms with E-state index in [1.807, 2.05) is 19.1 Å². The van der Waals surface area contributed by atoms with Crippen molar-refractivity contribution in [1.82, 2.24) is 20.6 Å². The van der Waals surface area contributed by atoms with Gasteiger partial charge in [0, 0.05) is 36.3 Å². The lowest BCUT2D eigenvalue weighted by Crippen LogP contribution is -2.36. The van der Waals surface area contributed by atoms with E-state index in [9.17, 15) is 4.39 Å². The first-order chi connectivity index (χ1) is 13.5. The predicted molar refractivity (Wildman–Crippen MR) is 109 cm³/mol. The molecule has 1 aromatic carbocycles. The minimum absolute atomic E-state index is 0.356. The molecule has 0 bridgehead atoms. The lowest BCUT2D eigenvalue weighted by Gasteiger charge is -2.13. The number of nitrogens with zero attached hydrogens (tertiary/aromatic N) is 3. The van der Waals surface area contributed by atoms with Crippen LogP contribution < -0.4 is 15.4 Å². The summed E-state index contributed by atoms with van der Waals surface area (Å²) in [6.07, 6.45) is 1.64. The van der Waals surface area contributed by atoms with E-state index in [0.717, 1.165) is 16.3 Å². The van der Waals surface area contributed by atoms with Crippen LogP contribution in [0.15, 0.2) is 47.6 Å². The highest BCUT2D eigenvalue weighted by atomic mass is 32.1. The van der Waals surface area contributed by atoms with E-state index in [4.69, 9.17) is 4.74 Å². The zero-order valence-corrected chi connectivity index (χ0v) is 16.8. The van der Waals surface area contributed by atoms with E-state index < -0.39 is 0 Å². The molecule has 0 spiro atoms. The Morgan fingerprint density at radius 2 is 2.00 bits per heavy atom. The maximum atomic E-state index is 13.4. The number of aromatic nitrogens is 2. The molecule has 0 saturated heterocycles. The number of aryl methyl sites for hydroxylation is 2. The summed E-state index contributed by atoms with van der Waals surface area (Å²) in [5.41, 5.74) is 1.88. The van der Waals surface area contributed by atoms with Crippen LogP contribution in [0.25, 0.3) is 0 Å². The second kappa shape index (κ2) is 9.27. The Morgan fingerprint density at radius 3 is 2.71 bits per heavy atom. The average molecular weight is 399 g/mol. The summed E-state index contributed by atoms with van der Waals surface area (Å²) >= 11 is 1.67. The van der Waals surface area contributed by atoms with Gasteiger partial charge >= 0.3 is 0 Å². The fourth-order valence-corrected chi connectivity index (χ4v) is 3.34. The number of thiazole rings is 1. The van der Waals surface area contributed by atoms with Gasteiger partial charge in [-0.25, -0.2) is 14.4 Å². The molecule has 6 nitrogen and oxygen atoms in total. The molecule has 3 rings (SSSR count). The second-order valence-corrected chi connectivity index (χ2v) is 7.34. The largest absolute Gasteiger partial charge is 0.439 e. The van der Waals surface area contributed by atoms with Gasteiger partial charge < -0.3 is 15.4 Å². The molecule has 2 aromatic heterocycles. The molecule has 0 aliphatic rings. The number of aliphatic imine (C=N–C) groups is 1. The lowest BCUT2D eigenvalue weighted by atomic mass is 10.2. The van der Waals surface area contributed by atoms with Gasteiger partial charge in [0.2, 0.25) is 5.88 Å². The van der Waals surface area contributed by atoms with Crippen LogP contribution in [-0.4, -0.2) is 23.0 Å². The van der Waals surface area contributed by atoms with E-state index in [1.165, 1.54) is 17.0 Å². The van der Waals surface area contributed by atoms with Crippen molar-refractivity contribution in [3.8, 4) is 11.6 Å². The van der Waals surface area contributed by atoms with E-state index in [-0.39, 0.29) is 5.82 Å². The summed E-state index contributed by atoms with van der Waals surface area (Å²) in [6, 6.07) is 9.70. The second-order valence-electron chi connectivity index (χ2n) is 6.06. The Bertz CT molecular complexity index is 953. The summed E-state index contributed by atoms with van der Waals surface area (Å²) in [6.45, 7) is 5.11. The average Bonchev–Trinajstić information content (AvgIpc) is 3.01. The zero-order valence-electron chi connectivity index (χ0n) is 16.0. The topological polar surface area (TPSA) is 71.4 Å². The minimum Gasteiger partial charge on any atom is -0.439 e. The third-order valence-corrected chi connectivity index (χ3v) is 5.08. The predicted octanol–water partition coefficient (Wildman–Crippen LogP) is 3.95. The van der Waals surface area contributed by atoms with E-state index >= 15 is 0 Å². The molecule has 8 heteroatoms. The Kier molecular flexibility index (Phi) is 6.54. The van der Waals surface area contributed by atoms with Gasteiger partial charge in [0.25, 0.3) is 0 Å². The third kappa shape index (κ3) is 5.26. The highest BCUT2D eigenvalue weighted by molar-refractivity contribution is 7.11. The van der Waals surface area contributed by atoms with Gasteiger partial charge in [-0.05, 0) is 32.0 Å². The Labute approximate surface area is 167 Å². The van der Waals surface area contributed by atoms with Crippen LogP contribution in [0.2, 0.25) is 0 Å². The van der Waals surface area contributed by atoms with Crippen LogP contribution in [-0.2, 0) is 13.1 Å². The lowest BCUT2D eigenvalue weighted by molar-refractivity contribution is 0.450. The zero-order chi connectivity index (χ0) is 19.9. The van der Waals surface area contributed by atoms with E-state index in [0.29, 0.717) is 30.7 Å². The molecular formula is C20H22FN5OS. The van der Waals surface area contributed by atoms with Crippen LogP contribution >= 0.6 is 11.3 Å². The van der Waals surface area contributed by atoms with Gasteiger partial charge in [0.1, 0.15) is 16.6 Å². The summed E-state index contributed by atoms with van der Waals surface area (Å²) < 4.78 is 19.1. The molecule has 0 aliphatic carbocycles. The fraction of sp³-hybridized carbons (Fsp3) is 0.250. The van der Waals surface area contributed by atoms with Crippen LogP contribution in [0.3, 0.4) is 0 Å². The number of pyridine rings is 1.